The van der Waals surface area contributed by atoms with Crippen molar-refractivity contribution in [2.75, 3.05) is 5.75 Å². The lowest BCUT2D eigenvalue weighted by Crippen LogP contribution is -2.06. The second-order valence-electron chi connectivity index (χ2n) is 3.19. The van der Waals surface area contributed by atoms with E-state index in [9.17, 15) is 21.6 Å². The minimum absolute atomic E-state index is 0.0320. The van der Waals surface area contributed by atoms with Crippen LogP contribution in [0.15, 0.2) is 24.3 Å². The van der Waals surface area contributed by atoms with Crippen LogP contribution in [0.2, 0.25) is 0 Å². The molecule has 0 saturated carbocycles. The maximum atomic E-state index is 12.3. The fourth-order valence-corrected chi connectivity index (χ4v) is 1.85. The molecule has 2 nitrogen and oxygen atoms in total. The minimum Gasteiger partial charge on any atom is -0.212 e. The summed E-state index contributed by atoms with van der Waals surface area (Å²) >= 11 is 0. The van der Waals surface area contributed by atoms with E-state index in [4.69, 9.17) is 10.7 Å². The van der Waals surface area contributed by atoms with Gasteiger partial charge in [0.05, 0.1) is 11.3 Å². The molecule has 0 spiro atoms. The van der Waals surface area contributed by atoms with Gasteiger partial charge < -0.3 is 0 Å². The molecule has 0 radical (unpaired) electrons. The predicted octanol–water partition coefficient (Wildman–Crippen LogP) is 2.82. The van der Waals surface area contributed by atoms with E-state index in [0.717, 1.165) is 12.1 Å². The Morgan fingerprint density at radius 3 is 2.38 bits per heavy atom. The van der Waals surface area contributed by atoms with Crippen LogP contribution in [0.1, 0.15) is 11.1 Å². The highest BCUT2D eigenvalue weighted by molar-refractivity contribution is 8.13. The molecular formula is C9H8ClF3O2S. The molecule has 16 heavy (non-hydrogen) atoms. The van der Waals surface area contributed by atoms with Crippen molar-refractivity contribution >= 4 is 19.7 Å². The molecule has 0 bridgehead atoms. The summed E-state index contributed by atoms with van der Waals surface area (Å²) in [6.07, 6.45) is -4.45. The van der Waals surface area contributed by atoms with Crippen molar-refractivity contribution in [2.45, 2.75) is 12.6 Å². The van der Waals surface area contributed by atoms with Crippen LogP contribution < -0.4 is 0 Å². The van der Waals surface area contributed by atoms with Crippen LogP contribution in [0.3, 0.4) is 0 Å². The zero-order chi connectivity index (χ0) is 12.4. The summed E-state index contributed by atoms with van der Waals surface area (Å²) in [6, 6.07) is 4.51. The molecule has 7 heteroatoms. The topological polar surface area (TPSA) is 34.1 Å². The Kier molecular flexibility index (Phi) is 3.85. The highest BCUT2D eigenvalue weighted by Crippen LogP contribution is 2.29. The molecule has 1 rings (SSSR count). The predicted molar refractivity (Wildman–Crippen MR) is 54.8 cm³/mol. The van der Waals surface area contributed by atoms with E-state index >= 15 is 0 Å². The summed E-state index contributed by atoms with van der Waals surface area (Å²) in [4.78, 5) is 0. The SMILES string of the molecule is O=S(=O)(Cl)CCc1cccc(C(F)(F)F)c1. The quantitative estimate of drug-likeness (QED) is 0.793. The first kappa shape index (κ1) is 13.3. The molecule has 0 N–H and O–H groups in total. The first-order chi connectivity index (χ1) is 7.18. The van der Waals surface area contributed by atoms with Crippen LogP contribution in [0.5, 0.6) is 0 Å². The maximum absolute atomic E-state index is 12.3. The second-order valence-corrected chi connectivity index (χ2v) is 6.09. The lowest BCUT2D eigenvalue weighted by Gasteiger charge is -2.07. The summed E-state index contributed by atoms with van der Waals surface area (Å²) in [5, 5.41) is 0. The molecule has 0 aliphatic rings. The highest BCUT2D eigenvalue weighted by Gasteiger charge is 2.30. The lowest BCUT2D eigenvalue weighted by atomic mass is 10.1. The molecule has 0 fully saturated rings. The van der Waals surface area contributed by atoms with Gasteiger partial charge in [0.25, 0.3) is 0 Å². The third-order valence-electron chi connectivity index (χ3n) is 1.89. The standard InChI is InChI=1S/C9H8ClF3O2S/c10-16(14,15)5-4-7-2-1-3-8(6-7)9(11,12)13/h1-3,6H,4-5H2. The summed E-state index contributed by atoms with van der Waals surface area (Å²) in [5.74, 6) is -0.379. The third kappa shape index (κ3) is 4.40. The van der Waals surface area contributed by atoms with E-state index in [1.807, 2.05) is 0 Å². The fraction of sp³-hybridized carbons (Fsp3) is 0.333. The second kappa shape index (κ2) is 4.63. The molecule has 0 saturated heterocycles. The van der Waals surface area contributed by atoms with Gasteiger partial charge in [-0.05, 0) is 18.1 Å². The van der Waals surface area contributed by atoms with E-state index in [0.29, 0.717) is 5.56 Å². The molecule has 0 heterocycles. The number of rotatable bonds is 3. The number of hydrogen-bond acceptors (Lipinski definition) is 2. The molecule has 1 aromatic rings. The van der Waals surface area contributed by atoms with Crippen molar-refractivity contribution in [1.29, 1.82) is 0 Å². The van der Waals surface area contributed by atoms with E-state index in [1.165, 1.54) is 12.1 Å². The van der Waals surface area contributed by atoms with Crippen LogP contribution in [0.25, 0.3) is 0 Å². The summed E-state index contributed by atoms with van der Waals surface area (Å²) in [6.45, 7) is 0. The van der Waals surface area contributed by atoms with Gasteiger partial charge in [-0.1, -0.05) is 18.2 Å². The Morgan fingerprint density at radius 1 is 1.25 bits per heavy atom. The number of hydrogen-bond donors (Lipinski definition) is 0. The number of benzene rings is 1. The van der Waals surface area contributed by atoms with Gasteiger partial charge in [0.2, 0.25) is 9.05 Å². The Balaban J connectivity index is 2.84. The minimum atomic E-state index is -4.42. The van der Waals surface area contributed by atoms with Gasteiger partial charge in [-0.15, -0.1) is 0 Å². The molecule has 0 aromatic heterocycles. The van der Waals surface area contributed by atoms with E-state index < -0.39 is 20.8 Å². The van der Waals surface area contributed by atoms with Gasteiger partial charge in [0.1, 0.15) is 0 Å². The van der Waals surface area contributed by atoms with E-state index in [2.05, 4.69) is 0 Å². The average molecular weight is 273 g/mol. The van der Waals surface area contributed by atoms with Crippen LogP contribution >= 0.6 is 10.7 Å². The first-order valence-corrected chi connectivity index (χ1v) is 6.75. The fourth-order valence-electron chi connectivity index (χ4n) is 1.14. The number of aryl methyl sites for hydroxylation is 1. The van der Waals surface area contributed by atoms with E-state index in [1.54, 1.807) is 0 Å². The van der Waals surface area contributed by atoms with Gasteiger partial charge in [-0.25, -0.2) is 8.42 Å². The van der Waals surface area contributed by atoms with Crippen LogP contribution in [-0.2, 0) is 21.6 Å². The Labute approximate surface area is 95.5 Å². The van der Waals surface area contributed by atoms with Crippen LogP contribution in [0, 0.1) is 0 Å². The molecule has 0 atom stereocenters. The van der Waals surface area contributed by atoms with Crippen molar-refractivity contribution in [3.63, 3.8) is 0 Å². The highest BCUT2D eigenvalue weighted by atomic mass is 35.7. The Hall–Kier alpha value is -0.750. The van der Waals surface area contributed by atoms with Gasteiger partial charge in [-0.2, -0.15) is 13.2 Å². The molecule has 0 aliphatic carbocycles. The summed E-state index contributed by atoms with van der Waals surface area (Å²) < 4.78 is 58.2. The van der Waals surface area contributed by atoms with Crippen molar-refractivity contribution in [1.82, 2.24) is 0 Å². The van der Waals surface area contributed by atoms with Crippen molar-refractivity contribution in [2.24, 2.45) is 0 Å². The van der Waals surface area contributed by atoms with Gasteiger partial charge in [0, 0.05) is 10.7 Å². The molecule has 1 aromatic carbocycles. The van der Waals surface area contributed by atoms with Crippen LogP contribution in [-0.4, -0.2) is 14.2 Å². The molecule has 0 aliphatic heterocycles. The Bertz CT molecular complexity index is 468. The van der Waals surface area contributed by atoms with Crippen molar-refractivity contribution in [3.05, 3.63) is 35.4 Å². The molecule has 90 valence electrons. The average Bonchev–Trinajstić information content (AvgIpc) is 2.13. The zero-order valence-electron chi connectivity index (χ0n) is 7.96. The lowest BCUT2D eigenvalue weighted by molar-refractivity contribution is -0.137. The van der Waals surface area contributed by atoms with Gasteiger partial charge in [-0.3, -0.25) is 0 Å². The molecular weight excluding hydrogens is 265 g/mol. The third-order valence-corrected chi connectivity index (χ3v) is 3.04. The van der Waals surface area contributed by atoms with Crippen molar-refractivity contribution < 1.29 is 21.6 Å². The largest absolute Gasteiger partial charge is 0.416 e. The number of halogens is 4. The summed E-state index contributed by atoms with van der Waals surface area (Å²) in [7, 11) is 1.28. The van der Waals surface area contributed by atoms with Gasteiger partial charge in [0.15, 0.2) is 0 Å². The monoisotopic (exact) mass is 272 g/mol. The van der Waals surface area contributed by atoms with Crippen molar-refractivity contribution in [3.8, 4) is 0 Å². The zero-order valence-corrected chi connectivity index (χ0v) is 9.53. The smallest absolute Gasteiger partial charge is 0.212 e. The maximum Gasteiger partial charge on any atom is 0.416 e. The summed E-state index contributed by atoms with van der Waals surface area (Å²) in [5.41, 5.74) is -0.504. The Morgan fingerprint density at radius 2 is 1.88 bits per heavy atom. The molecule has 0 amide bonds. The molecule has 0 unspecified atom stereocenters. The normalized spacial score (nSPS) is 12.8. The van der Waals surface area contributed by atoms with E-state index in [-0.39, 0.29) is 12.2 Å². The number of alkyl halides is 3. The van der Waals surface area contributed by atoms with Gasteiger partial charge >= 0.3 is 6.18 Å². The van der Waals surface area contributed by atoms with Crippen LogP contribution in [0.4, 0.5) is 13.2 Å². The first-order valence-electron chi connectivity index (χ1n) is 4.27.